The van der Waals surface area contributed by atoms with Gasteiger partial charge in [0.2, 0.25) is 0 Å². The van der Waals surface area contributed by atoms with E-state index < -0.39 is 63.0 Å². The van der Waals surface area contributed by atoms with E-state index in [4.69, 9.17) is 40.6 Å². The maximum Gasteiger partial charge on any atom is 0.490 e. The second-order valence-corrected chi connectivity index (χ2v) is 37.3. The van der Waals surface area contributed by atoms with Crippen molar-refractivity contribution in [1.82, 2.24) is 0 Å². The van der Waals surface area contributed by atoms with Crippen molar-refractivity contribution in [3.8, 4) is 24.3 Å². The number of nitrogens with zero attached hydrogens (tertiary/aromatic N) is 4. The fourth-order valence-electron chi connectivity index (χ4n) is 9.84. The molecule has 0 saturated carbocycles. The molecule has 0 unspecified atom stereocenters. The van der Waals surface area contributed by atoms with Crippen LogP contribution in [0.5, 0.6) is 0 Å². The van der Waals surface area contributed by atoms with Gasteiger partial charge >= 0.3 is 31.3 Å². The van der Waals surface area contributed by atoms with Gasteiger partial charge < -0.3 is 19.6 Å². The maximum atomic E-state index is 10.8. The van der Waals surface area contributed by atoms with Gasteiger partial charge in [-0.05, 0) is 146 Å². The molecule has 1 heterocycles. The summed E-state index contributed by atoms with van der Waals surface area (Å²) in [6, 6.07) is 137. The van der Waals surface area contributed by atoms with Crippen LogP contribution in [0.15, 0.2) is 364 Å². The van der Waals surface area contributed by atoms with Gasteiger partial charge in [0.25, 0.3) is 0 Å². The molecule has 12 aromatic rings. The largest absolute Gasteiger partial charge is 0.490 e. The van der Waals surface area contributed by atoms with Crippen LogP contribution in [-0.4, -0.2) is 19.6 Å². The SMILES string of the molecule is CC#N.CC#N.CC#N.CC#N.O=P1(O)OP(=O)(O)OP(=O)(O)OP(=O)(O)O1.[Ru].[Ru].c1ccc([PH+](c2ccccc2)c2ccccc2)cc1.c1ccc([PH+](c2ccccc2)c2ccccc2)cc1.c1ccc([PH+](c2ccccc2)c2ccccc2)cc1.c1ccc([PH+](c2ccccc2)c2ccccc2)cc1. The Hall–Kier alpha value is -7.83. The summed E-state index contributed by atoms with van der Waals surface area (Å²) in [5, 5.41) is 46.5. The van der Waals surface area contributed by atoms with Crippen molar-refractivity contribution in [2.24, 2.45) is 0 Å². The number of nitriles is 4. The maximum absolute atomic E-state index is 10.8. The van der Waals surface area contributed by atoms with Gasteiger partial charge in [-0.2, -0.15) is 38.3 Å². The number of phosphoric acid groups is 4. The van der Waals surface area contributed by atoms with Crippen molar-refractivity contribution in [1.29, 1.82) is 21.0 Å². The van der Waals surface area contributed by atoms with Crippen LogP contribution >= 0.6 is 63.0 Å². The molecule has 4 N–H and O–H groups in total. The fourth-order valence-corrected chi connectivity index (χ4v) is 25.9. The molecule has 0 amide bonds. The minimum Gasteiger partial charge on any atom is -0.302 e. The Morgan fingerprint density at radius 1 is 0.208 bits per heavy atom. The minimum absolute atomic E-state index is 0. The Morgan fingerprint density at radius 2 is 0.274 bits per heavy atom. The van der Waals surface area contributed by atoms with E-state index >= 15 is 0 Å². The Bertz CT molecular complexity index is 3750. The molecule has 1 aliphatic rings. The molecular formula is C80H80N4O12P8Ru2+4. The summed E-state index contributed by atoms with van der Waals surface area (Å²) in [7, 11) is -25.4. The summed E-state index contributed by atoms with van der Waals surface area (Å²) in [6.07, 6.45) is 0. The first-order valence-electron chi connectivity index (χ1n) is 31.8. The van der Waals surface area contributed by atoms with Crippen LogP contribution in [0.4, 0.5) is 0 Å². The Labute approximate surface area is 652 Å². The van der Waals surface area contributed by atoms with Crippen LogP contribution in [0.25, 0.3) is 0 Å². The van der Waals surface area contributed by atoms with Crippen LogP contribution in [0.3, 0.4) is 0 Å². The van der Waals surface area contributed by atoms with Crippen LogP contribution in [0.1, 0.15) is 27.7 Å². The van der Waals surface area contributed by atoms with Gasteiger partial charge in [-0.1, -0.05) is 218 Å². The summed E-state index contributed by atoms with van der Waals surface area (Å²) in [4.78, 5) is 34.5. The van der Waals surface area contributed by atoms with E-state index in [-0.39, 0.29) is 39.0 Å². The van der Waals surface area contributed by atoms with Crippen LogP contribution in [-0.2, 0) is 74.5 Å². The third-order valence-electron chi connectivity index (χ3n) is 13.6. The van der Waals surface area contributed by atoms with Crippen molar-refractivity contribution >= 4 is 127 Å². The molecule has 1 saturated heterocycles. The van der Waals surface area contributed by atoms with Crippen LogP contribution in [0.2, 0.25) is 0 Å². The summed E-state index contributed by atoms with van der Waals surface area (Å²) >= 11 is 0. The predicted molar refractivity (Wildman–Crippen MR) is 435 cm³/mol. The molecule has 544 valence electrons. The van der Waals surface area contributed by atoms with E-state index in [2.05, 4.69) is 381 Å². The van der Waals surface area contributed by atoms with Gasteiger partial charge in [0.05, 0.1) is 56.0 Å². The molecular weight excluding hydrogens is 1660 g/mol. The van der Waals surface area contributed by atoms with Gasteiger partial charge in [0.1, 0.15) is 63.7 Å². The molecule has 0 aliphatic carbocycles. The van der Waals surface area contributed by atoms with Gasteiger partial charge in [0, 0.05) is 66.7 Å². The second kappa shape index (κ2) is 51.4. The predicted octanol–water partition coefficient (Wildman–Crippen LogP) is 15.3. The van der Waals surface area contributed by atoms with E-state index in [0.29, 0.717) is 0 Å². The molecule has 13 rings (SSSR count). The average molecular weight is 1740 g/mol. The first-order valence-corrected chi connectivity index (χ1v) is 43.8. The number of hydrogen-bond donors (Lipinski definition) is 4. The van der Waals surface area contributed by atoms with Gasteiger partial charge in [-0.25, -0.2) is 18.3 Å². The van der Waals surface area contributed by atoms with Crippen LogP contribution < -0.4 is 63.7 Å². The summed E-state index contributed by atoms with van der Waals surface area (Å²) in [6.45, 7) is 5.72. The van der Waals surface area contributed by atoms with E-state index in [1.165, 1.54) is 91.3 Å². The third kappa shape index (κ3) is 34.0. The third-order valence-corrected chi connectivity index (χ3v) is 31.1. The topological polar surface area (TPSA) is 281 Å². The summed E-state index contributed by atoms with van der Waals surface area (Å²) < 4.78 is 56.5. The Kier molecular flexibility index (Phi) is 44.8. The zero-order valence-electron chi connectivity index (χ0n) is 58.0. The number of benzene rings is 12. The molecule has 0 bridgehead atoms. The Morgan fingerprint density at radius 3 is 0.340 bits per heavy atom. The van der Waals surface area contributed by atoms with Gasteiger partial charge in [0.15, 0.2) is 0 Å². The molecule has 1 fully saturated rings. The molecule has 0 spiro atoms. The smallest absolute Gasteiger partial charge is 0.302 e. The van der Waals surface area contributed by atoms with Crippen molar-refractivity contribution in [3.63, 3.8) is 0 Å². The number of hydrogen-bond acceptors (Lipinski definition) is 12. The van der Waals surface area contributed by atoms with Gasteiger partial charge in [-0.3, -0.25) is 0 Å². The average Bonchev–Trinajstić information content (AvgIpc) is 0.779. The molecule has 16 nitrogen and oxygen atoms in total. The monoisotopic (exact) mass is 1740 g/mol. The van der Waals surface area contributed by atoms with Gasteiger partial charge in [-0.15, -0.1) is 0 Å². The van der Waals surface area contributed by atoms with E-state index in [9.17, 15) is 18.3 Å². The van der Waals surface area contributed by atoms with Crippen LogP contribution in [0, 0.1) is 45.3 Å². The molecule has 12 aromatic carbocycles. The first kappa shape index (κ1) is 92.4. The van der Waals surface area contributed by atoms with Crippen molar-refractivity contribution in [2.75, 3.05) is 0 Å². The quantitative estimate of drug-likeness (QED) is 0.0653. The molecule has 0 radical (unpaired) electrons. The molecule has 26 heteroatoms. The number of rotatable bonds is 12. The first-order chi connectivity index (χ1) is 50.3. The molecule has 106 heavy (non-hydrogen) atoms. The zero-order valence-corrected chi connectivity index (χ0v) is 69.0. The summed E-state index contributed by atoms with van der Waals surface area (Å²) in [5.74, 6) is 0. The minimum atomic E-state index is -5.47. The Balaban J connectivity index is 0.000000330. The van der Waals surface area contributed by atoms with Crippen molar-refractivity contribution < 1.29 is 94.0 Å². The van der Waals surface area contributed by atoms with E-state index in [0.717, 1.165) is 0 Å². The zero-order chi connectivity index (χ0) is 75.3. The molecule has 1 aliphatic heterocycles. The van der Waals surface area contributed by atoms with E-state index in [1.807, 2.05) is 0 Å². The molecule has 0 aromatic heterocycles. The summed E-state index contributed by atoms with van der Waals surface area (Å²) in [5.41, 5.74) is 0. The van der Waals surface area contributed by atoms with Crippen molar-refractivity contribution in [3.05, 3.63) is 364 Å². The standard InChI is InChI=1S/4C18H15P.4C2H3N.H4O12P4.2Ru/c4*1-4-10-16(11-5-1)19(17-12-6-2-7-13-17)18-14-8-3-9-15-18;4*1-2-3;1-13(2)9-14(3,4)11-16(7,8)12-15(5,6)10-13;;/h4*1-15H;4*1H3;(H,1,2)(H,3,4)(H,5,6)(H,7,8);;/p+4. The fraction of sp³-hybridized carbons (Fsp3) is 0.0500. The van der Waals surface area contributed by atoms with E-state index in [1.54, 1.807) is 24.3 Å². The normalized spacial score (nSPS) is 16.2. The second-order valence-electron chi connectivity index (χ2n) is 21.0. The van der Waals surface area contributed by atoms with Crippen molar-refractivity contribution in [2.45, 2.75) is 27.7 Å². The molecule has 0 atom stereocenters.